The van der Waals surface area contributed by atoms with Crippen LogP contribution in [-0.4, -0.2) is 16.0 Å². The maximum atomic E-state index is 12.8. The molecule has 2 aromatic rings. The Bertz CT molecular complexity index is 507. The van der Waals surface area contributed by atoms with Gasteiger partial charge in [-0.2, -0.15) is 5.10 Å². The van der Waals surface area contributed by atoms with Crippen LogP contribution >= 0.6 is 23.4 Å². The molecule has 1 aromatic heterocycles. The molecule has 0 atom stereocenters. The Balaban J connectivity index is 2.55. The van der Waals surface area contributed by atoms with Gasteiger partial charge in [-0.25, -0.2) is 4.39 Å². The van der Waals surface area contributed by atoms with E-state index in [-0.39, 0.29) is 5.82 Å². The van der Waals surface area contributed by atoms with E-state index < -0.39 is 0 Å². The lowest BCUT2D eigenvalue weighted by molar-refractivity contribution is 0.628. The Morgan fingerprint density at radius 3 is 2.44 bits per heavy atom. The van der Waals surface area contributed by atoms with Crippen molar-refractivity contribution in [3.63, 3.8) is 0 Å². The van der Waals surface area contributed by atoms with Gasteiger partial charge in [0.05, 0.1) is 5.69 Å². The van der Waals surface area contributed by atoms with Gasteiger partial charge in [-0.05, 0) is 30.5 Å². The number of hydrogen-bond acceptors (Lipinski definition) is 2. The van der Waals surface area contributed by atoms with Gasteiger partial charge < -0.3 is 0 Å². The first-order chi connectivity index (χ1) is 7.63. The smallest absolute Gasteiger partial charge is 0.137 e. The summed E-state index contributed by atoms with van der Waals surface area (Å²) in [6, 6.07) is 6.22. The standard InChI is InChI=1S/C11H10ClFN2S/c1-15-10(9(12)11(14-15)16-2)7-3-5-8(13)6-4-7/h3-6H,1-2H3. The molecule has 0 radical (unpaired) electrons. The highest BCUT2D eigenvalue weighted by atomic mass is 35.5. The van der Waals surface area contributed by atoms with Crippen LogP contribution < -0.4 is 0 Å². The van der Waals surface area contributed by atoms with Crippen molar-refractivity contribution in [3.8, 4) is 11.3 Å². The van der Waals surface area contributed by atoms with Gasteiger partial charge in [0, 0.05) is 12.6 Å². The molecular weight excluding hydrogens is 247 g/mol. The SMILES string of the molecule is CSc1nn(C)c(-c2ccc(F)cc2)c1Cl. The molecule has 0 saturated heterocycles. The normalized spacial score (nSPS) is 10.8. The molecule has 0 fully saturated rings. The average molecular weight is 257 g/mol. The number of halogens is 2. The van der Waals surface area contributed by atoms with Gasteiger partial charge in [-0.15, -0.1) is 11.8 Å². The van der Waals surface area contributed by atoms with Gasteiger partial charge in [-0.1, -0.05) is 11.6 Å². The third-order valence-electron chi connectivity index (χ3n) is 2.27. The van der Waals surface area contributed by atoms with Crippen molar-refractivity contribution in [1.29, 1.82) is 0 Å². The van der Waals surface area contributed by atoms with Gasteiger partial charge in [0.1, 0.15) is 15.9 Å². The zero-order valence-corrected chi connectivity index (χ0v) is 10.4. The van der Waals surface area contributed by atoms with E-state index in [4.69, 9.17) is 11.6 Å². The molecule has 0 aliphatic heterocycles. The van der Waals surface area contributed by atoms with Crippen LogP contribution in [0.2, 0.25) is 5.02 Å². The Hall–Kier alpha value is -1.00. The van der Waals surface area contributed by atoms with Crippen molar-refractivity contribution in [2.24, 2.45) is 7.05 Å². The lowest BCUT2D eigenvalue weighted by atomic mass is 10.1. The molecule has 0 N–H and O–H groups in total. The summed E-state index contributed by atoms with van der Waals surface area (Å²) in [5.41, 5.74) is 1.67. The quantitative estimate of drug-likeness (QED) is 0.764. The van der Waals surface area contributed by atoms with Crippen LogP contribution in [0.4, 0.5) is 4.39 Å². The van der Waals surface area contributed by atoms with Crippen LogP contribution in [0.3, 0.4) is 0 Å². The molecule has 0 spiro atoms. The molecule has 2 nitrogen and oxygen atoms in total. The van der Waals surface area contributed by atoms with E-state index in [1.807, 2.05) is 13.3 Å². The summed E-state index contributed by atoms with van der Waals surface area (Å²) in [6.45, 7) is 0. The predicted octanol–water partition coefficient (Wildman–Crippen LogP) is 3.60. The maximum Gasteiger partial charge on any atom is 0.137 e. The molecule has 0 aliphatic rings. The van der Waals surface area contributed by atoms with Gasteiger partial charge in [0.2, 0.25) is 0 Å². The fourth-order valence-corrected chi connectivity index (χ4v) is 2.51. The molecule has 1 heterocycles. The van der Waals surface area contributed by atoms with Crippen LogP contribution in [0.5, 0.6) is 0 Å². The first kappa shape index (κ1) is 11.5. The van der Waals surface area contributed by atoms with E-state index in [9.17, 15) is 4.39 Å². The van der Waals surface area contributed by atoms with Gasteiger partial charge in [-0.3, -0.25) is 4.68 Å². The zero-order valence-electron chi connectivity index (χ0n) is 8.87. The van der Waals surface area contributed by atoms with E-state index in [0.717, 1.165) is 16.3 Å². The molecule has 2 rings (SSSR count). The summed E-state index contributed by atoms with van der Waals surface area (Å²) in [4.78, 5) is 0. The van der Waals surface area contributed by atoms with Crippen LogP contribution in [0.15, 0.2) is 29.3 Å². The first-order valence-electron chi connectivity index (χ1n) is 4.66. The molecule has 0 aliphatic carbocycles. The van der Waals surface area contributed by atoms with Crippen molar-refractivity contribution < 1.29 is 4.39 Å². The number of aryl methyl sites for hydroxylation is 1. The Morgan fingerprint density at radius 2 is 1.94 bits per heavy atom. The number of nitrogens with zero attached hydrogens (tertiary/aromatic N) is 2. The molecule has 84 valence electrons. The fourth-order valence-electron chi connectivity index (χ4n) is 1.53. The average Bonchev–Trinajstić information content (AvgIpc) is 2.56. The summed E-state index contributed by atoms with van der Waals surface area (Å²) in [6.07, 6.45) is 1.92. The van der Waals surface area contributed by atoms with Gasteiger partial charge in [0.15, 0.2) is 0 Å². The summed E-state index contributed by atoms with van der Waals surface area (Å²) in [7, 11) is 1.82. The number of thioether (sulfide) groups is 1. The van der Waals surface area contributed by atoms with Crippen molar-refractivity contribution in [2.45, 2.75) is 5.03 Å². The number of hydrogen-bond donors (Lipinski definition) is 0. The van der Waals surface area contributed by atoms with Gasteiger partial charge >= 0.3 is 0 Å². The van der Waals surface area contributed by atoms with E-state index in [1.54, 1.807) is 16.8 Å². The van der Waals surface area contributed by atoms with Crippen LogP contribution in [-0.2, 0) is 7.05 Å². The highest BCUT2D eigenvalue weighted by molar-refractivity contribution is 7.98. The molecule has 16 heavy (non-hydrogen) atoms. The van der Waals surface area contributed by atoms with Crippen molar-refractivity contribution in [3.05, 3.63) is 35.1 Å². The van der Waals surface area contributed by atoms with Crippen molar-refractivity contribution in [1.82, 2.24) is 9.78 Å². The molecule has 0 amide bonds. The predicted molar refractivity (Wildman–Crippen MR) is 65.4 cm³/mol. The molecule has 0 unspecified atom stereocenters. The highest BCUT2D eigenvalue weighted by Gasteiger charge is 2.14. The second-order valence-electron chi connectivity index (χ2n) is 3.30. The maximum absolute atomic E-state index is 12.8. The minimum absolute atomic E-state index is 0.257. The second kappa shape index (κ2) is 4.47. The Labute approximate surface area is 102 Å². The molecular formula is C11H10ClFN2S. The first-order valence-corrected chi connectivity index (χ1v) is 6.26. The molecule has 1 aromatic carbocycles. The largest absolute Gasteiger partial charge is 0.265 e. The van der Waals surface area contributed by atoms with E-state index >= 15 is 0 Å². The van der Waals surface area contributed by atoms with Gasteiger partial charge in [0.25, 0.3) is 0 Å². The van der Waals surface area contributed by atoms with Crippen molar-refractivity contribution in [2.75, 3.05) is 6.26 Å². The summed E-state index contributed by atoms with van der Waals surface area (Å²) in [5, 5.41) is 5.68. The topological polar surface area (TPSA) is 17.8 Å². The highest BCUT2D eigenvalue weighted by Crippen LogP contribution is 2.34. The Kier molecular flexibility index (Phi) is 3.21. The molecule has 5 heteroatoms. The number of rotatable bonds is 2. The van der Waals surface area contributed by atoms with E-state index in [1.165, 1.54) is 23.9 Å². The van der Waals surface area contributed by atoms with E-state index in [0.29, 0.717) is 5.02 Å². The lowest BCUT2D eigenvalue weighted by Crippen LogP contribution is -1.93. The lowest BCUT2D eigenvalue weighted by Gasteiger charge is -2.02. The summed E-state index contributed by atoms with van der Waals surface area (Å²) in [5.74, 6) is -0.257. The number of aromatic nitrogens is 2. The van der Waals surface area contributed by atoms with E-state index in [2.05, 4.69) is 5.10 Å². The number of benzene rings is 1. The monoisotopic (exact) mass is 256 g/mol. The zero-order chi connectivity index (χ0) is 11.7. The Morgan fingerprint density at radius 1 is 1.31 bits per heavy atom. The third kappa shape index (κ3) is 1.95. The molecule has 0 saturated carbocycles. The second-order valence-corrected chi connectivity index (χ2v) is 4.48. The summed E-state index contributed by atoms with van der Waals surface area (Å²) < 4.78 is 14.5. The van der Waals surface area contributed by atoms with Crippen LogP contribution in [0, 0.1) is 5.82 Å². The third-order valence-corrected chi connectivity index (χ3v) is 3.41. The van der Waals surface area contributed by atoms with Crippen LogP contribution in [0.25, 0.3) is 11.3 Å². The van der Waals surface area contributed by atoms with Crippen molar-refractivity contribution >= 4 is 23.4 Å². The minimum atomic E-state index is -0.257. The van der Waals surface area contributed by atoms with Crippen LogP contribution in [0.1, 0.15) is 0 Å². The fraction of sp³-hybridized carbons (Fsp3) is 0.182. The molecule has 0 bridgehead atoms. The minimum Gasteiger partial charge on any atom is -0.265 e. The summed E-state index contributed by atoms with van der Waals surface area (Å²) >= 11 is 7.70.